The summed E-state index contributed by atoms with van der Waals surface area (Å²) in [6.45, 7) is 9.74. The normalized spacial score (nSPS) is 35.6. The molecule has 1 unspecified atom stereocenters. The van der Waals surface area contributed by atoms with Gasteiger partial charge in [-0.1, -0.05) is 32.4 Å². The highest BCUT2D eigenvalue weighted by Gasteiger charge is 2.55. The molecule has 0 aromatic heterocycles. The summed E-state index contributed by atoms with van der Waals surface area (Å²) in [4.78, 5) is 0. The number of hydrogen-bond acceptors (Lipinski definition) is 5. The van der Waals surface area contributed by atoms with Gasteiger partial charge in [0.1, 0.15) is 11.2 Å². The molecule has 4 atom stereocenters. The van der Waals surface area contributed by atoms with E-state index in [9.17, 15) is 5.11 Å². The van der Waals surface area contributed by atoms with E-state index < -0.39 is 0 Å². The van der Waals surface area contributed by atoms with Crippen LogP contribution < -0.4 is 10.1 Å². The molecule has 0 aliphatic carbocycles. The third-order valence-electron chi connectivity index (χ3n) is 6.52. The SMILES string of the molecule is CC(C)CCC[C@@]1(C)Oc2c(O)cccc2[C@H]2OCC3(CNCCO3)C[C@@H]21. The average Bonchev–Trinajstić information content (AvgIpc) is 2.64. The number of ether oxygens (including phenoxy) is 3. The van der Waals surface area contributed by atoms with Gasteiger partial charge in [0.25, 0.3) is 0 Å². The molecule has 150 valence electrons. The first kappa shape index (κ1) is 19.0. The lowest BCUT2D eigenvalue weighted by Gasteiger charge is -2.54. The summed E-state index contributed by atoms with van der Waals surface area (Å²) in [6.07, 6.45) is 4.09. The van der Waals surface area contributed by atoms with Crippen molar-refractivity contribution in [3.63, 3.8) is 0 Å². The summed E-state index contributed by atoms with van der Waals surface area (Å²) in [7, 11) is 0. The number of aromatic hydroxyl groups is 1. The molecule has 5 nitrogen and oxygen atoms in total. The number of rotatable bonds is 4. The minimum Gasteiger partial charge on any atom is -0.504 e. The van der Waals surface area contributed by atoms with Gasteiger partial charge in [-0.15, -0.1) is 0 Å². The van der Waals surface area contributed by atoms with Crippen molar-refractivity contribution in [2.75, 3.05) is 26.3 Å². The van der Waals surface area contributed by atoms with E-state index >= 15 is 0 Å². The number of fused-ring (bicyclic) bond motifs is 3. The van der Waals surface area contributed by atoms with Crippen LogP contribution in [0.1, 0.15) is 58.1 Å². The number of benzene rings is 1. The maximum absolute atomic E-state index is 10.4. The van der Waals surface area contributed by atoms with Crippen LogP contribution in [-0.4, -0.2) is 42.6 Å². The lowest BCUT2D eigenvalue weighted by molar-refractivity contribution is -0.220. The highest BCUT2D eigenvalue weighted by atomic mass is 16.6. The van der Waals surface area contributed by atoms with Crippen molar-refractivity contribution in [3.8, 4) is 11.5 Å². The van der Waals surface area contributed by atoms with Crippen molar-refractivity contribution in [2.24, 2.45) is 11.8 Å². The smallest absolute Gasteiger partial charge is 0.167 e. The minimum absolute atomic E-state index is 0.0546. The molecular formula is C22H33NO4. The molecule has 3 aliphatic rings. The van der Waals surface area contributed by atoms with Crippen molar-refractivity contribution < 1.29 is 19.3 Å². The highest BCUT2D eigenvalue weighted by molar-refractivity contribution is 5.49. The topological polar surface area (TPSA) is 60.0 Å². The maximum Gasteiger partial charge on any atom is 0.167 e. The highest BCUT2D eigenvalue weighted by Crippen LogP contribution is 2.55. The van der Waals surface area contributed by atoms with E-state index in [1.54, 1.807) is 6.07 Å². The second-order valence-electron chi connectivity index (χ2n) is 9.15. The van der Waals surface area contributed by atoms with Crippen molar-refractivity contribution >= 4 is 0 Å². The van der Waals surface area contributed by atoms with Gasteiger partial charge in [0.2, 0.25) is 0 Å². The first-order valence-electron chi connectivity index (χ1n) is 10.4. The summed E-state index contributed by atoms with van der Waals surface area (Å²) in [5.41, 5.74) is 0.329. The first-order valence-corrected chi connectivity index (χ1v) is 10.4. The van der Waals surface area contributed by atoms with E-state index in [0.29, 0.717) is 18.3 Å². The van der Waals surface area contributed by atoms with Crippen LogP contribution in [0.25, 0.3) is 0 Å². The Morgan fingerprint density at radius 1 is 1.33 bits per heavy atom. The van der Waals surface area contributed by atoms with E-state index in [-0.39, 0.29) is 29.0 Å². The molecule has 2 N–H and O–H groups in total. The first-order chi connectivity index (χ1) is 12.9. The average molecular weight is 376 g/mol. The predicted molar refractivity (Wildman–Crippen MR) is 104 cm³/mol. The van der Waals surface area contributed by atoms with Gasteiger partial charge in [0, 0.05) is 24.6 Å². The van der Waals surface area contributed by atoms with Crippen LogP contribution >= 0.6 is 0 Å². The Hall–Kier alpha value is -1.30. The molecule has 4 rings (SSSR count). The van der Waals surface area contributed by atoms with Gasteiger partial charge in [0.05, 0.1) is 19.3 Å². The van der Waals surface area contributed by atoms with Crippen LogP contribution in [0.5, 0.6) is 11.5 Å². The van der Waals surface area contributed by atoms with E-state index in [1.165, 1.54) is 6.42 Å². The van der Waals surface area contributed by atoms with Crippen LogP contribution in [0.3, 0.4) is 0 Å². The lowest BCUT2D eigenvalue weighted by atomic mass is 9.69. The van der Waals surface area contributed by atoms with Crippen LogP contribution in [0.15, 0.2) is 18.2 Å². The molecule has 0 bridgehead atoms. The van der Waals surface area contributed by atoms with Gasteiger partial charge in [0.15, 0.2) is 11.5 Å². The van der Waals surface area contributed by atoms with E-state index in [0.717, 1.165) is 44.5 Å². The van der Waals surface area contributed by atoms with Gasteiger partial charge >= 0.3 is 0 Å². The van der Waals surface area contributed by atoms with Crippen LogP contribution in [0, 0.1) is 11.8 Å². The largest absolute Gasteiger partial charge is 0.504 e. The van der Waals surface area contributed by atoms with Gasteiger partial charge < -0.3 is 24.6 Å². The number of para-hydroxylation sites is 1. The standard InChI is InChI=1S/C22H33NO4/c1-15(2)6-5-9-21(3)17-12-22(13-23-10-11-26-22)14-25-19(17)16-7-4-8-18(24)20(16)27-21/h4,7-8,15,17,19,23-24H,5-6,9-14H2,1-3H3/t17-,19+,21+,22?/m0/s1. The summed E-state index contributed by atoms with van der Waals surface area (Å²) >= 11 is 0. The van der Waals surface area contributed by atoms with Crippen LogP contribution in [0.2, 0.25) is 0 Å². The monoisotopic (exact) mass is 375 g/mol. The van der Waals surface area contributed by atoms with Crippen molar-refractivity contribution in [1.82, 2.24) is 5.32 Å². The summed E-state index contributed by atoms with van der Waals surface area (Å²) in [5, 5.41) is 13.9. The Bertz CT molecular complexity index is 670. The zero-order valence-corrected chi connectivity index (χ0v) is 16.8. The second-order valence-corrected chi connectivity index (χ2v) is 9.15. The molecule has 0 radical (unpaired) electrons. The molecule has 3 heterocycles. The van der Waals surface area contributed by atoms with Gasteiger partial charge in [-0.2, -0.15) is 0 Å². The molecule has 1 aromatic carbocycles. The van der Waals surface area contributed by atoms with Gasteiger partial charge in [-0.3, -0.25) is 0 Å². The Labute approximate surface area is 162 Å². The number of morpholine rings is 1. The molecule has 1 aromatic rings. The summed E-state index contributed by atoms with van der Waals surface area (Å²) in [6, 6.07) is 5.60. The molecule has 2 fully saturated rings. The molecule has 1 spiro atoms. The fourth-order valence-electron chi connectivity index (χ4n) is 4.98. The van der Waals surface area contributed by atoms with Crippen LogP contribution in [0.4, 0.5) is 0 Å². The molecule has 2 saturated heterocycles. The lowest BCUT2D eigenvalue weighted by Crippen LogP contribution is -2.61. The van der Waals surface area contributed by atoms with E-state index in [2.05, 4.69) is 26.1 Å². The zero-order chi connectivity index (χ0) is 19.1. The molecule has 0 amide bonds. The zero-order valence-electron chi connectivity index (χ0n) is 16.8. The molecular weight excluding hydrogens is 342 g/mol. The maximum atomic E-state index is 10.4. The van der Waals surface area contributed by atoms with Gasteiger partial charge in [-0.05, 0) is 38.2 Å². The second kappa shape index (κ2) is 7.26. The summed E-state index contributed by atoms with van der Waals surface area (Å²) < 4.78 is 19.2. The fraction of sp³-hybridized carbons (Fsp3) is 0.727. The molecule has 27 heavy (non-hydrogen) atoms. The minimum atomic E-state index is -0.375. The summed E-state index contributed by atoms with van der Waals surface area (Å²) in [5.74, 6) is 1.69. The van der Waals surface area contributed by atoms with Crippen molar-refractivity contribution in [1.29, 1.82) is 0 Å². The predicted octanol–water partition coefficient (Wildman–Crippen LogP) is 3.81. The molecule has 3 aliphatic heterocycles. The number of hydrogen-bond donors (Lipinski definition) is 2. The van der Waals surface area contributed by atoms with Gasteiger partial charge in [-0.25, -0.2) is 0 Å². The third-order valence-corrected chi connectivity index (χ3v) is 6.52. The third kappa shape index (κ3) is 3.57. The molecule has 5 heteroatoms. The van der Waals surface area contributed by atoms with Crippen LogP contribution in [-0.2, 0) is 9.47 Å². The number of phenols is 1. The Balaban J connectivity index is 1.65. The quantitative estimate of drug-likeness (QED) is 0.838. The van der Waals surface area contributed by atoms with Crippen molar-refractivity contribution in [3.05, 3.63) is 23.8 Å². The van der Waals surface area contributed by atoms with E-state index in [1.807, 2.05) is 12.1 Å². The fourth-order valence-corrected chi connectivity index (χ4v) is 4.98. The number of nitrogens with one attached hydrogen (secondary N) is 1. The number of phenolic OH excluding ortho intramolecular Hbond substituents is 1. The Morgan fingerprint density at radius 2 is 2.19 bits per heavy atom. The molecule has 0 saturated carbocycles. The van der Waals surface area contributed by atoms with Crippen molar-refractivity contribution in [2.45, 2.75) is 63.8 Å². The Kier molecular flexibility index (Phi) is 5.12. The Morgan fingerprint density at radius 3 is 2.93 bits per heavy atom. The van der Waals surface area contributed by atoms with E-state index in [4.69, 9.17) is 14.2 Å².